The lowest BCUT2D eigenvalue weighted by Gasteiger charge is -2.13. The van der Waals surface area contributed by atoms with E-state index in [4.69, 9.17) is 4.84 Å². The Kier molecular flexibility index (Phi) is 6.09. The van der Waals surface area contributed by atoms with Crippen LogP contribution in [0.15, 0.2) is 48.5 Å². The first-order valence-electron chi connectivity index (χ1n) is 7.85. The van der Waals surface area contributed by atoms with Gasteiger partial charge in [0.25, 0.3) is 0 Å². The Morgan fingerprint density at radius 1 is 1.16 bits per heavy atom. The summed E-state index contributed by atoms with van der Waals surface area (Å²) in [6, 6.07) is 10.0. The van der Waals surface area contributed by atoms with E-state index in [1.807, 2.05) is 19.1 Å². The minimum absolute atomic E-state index is 0.121. The molecule has 2 aromatic rings. The Bertz CT molecular complexity index is 737. The highest BCUT2D eigenvalue weighted by molar-refractivity contribution is 5.64. The molecular weight excluding hydrogens is 331 g/mol. The van der Waals surface area contributed by atoms with Crippen molar-refractivity contribution in [1.82, 2.24) is 5.48 Å². The van der Waals surface area contributed by atoms with Crippen molar-refractivity contribution >= 4 is 5.70 Å². The van der Waals surface area contributed by atoms with Gasteiger partial charge in [-0.25, -0.2) is 0 Å². The minimum Gasteiger partial charge on any atom is -0.508 e. The summed E-state index contributed by atoms with van der Waals surface area (Å²) in [5, 5.41) is 9.61. The van der Waals surface area contributed by atoms with Crippen molar-refractivity contribution in [2.45, 2.75) is 33.1 Å². The van der Waals surface area contributed by atoms with Crippen LogP contribution in [0.25, 0.3) is 5.70 Å². The van der Waals surface area contributed by atoms with Gasteiger partial charge in [0.05, 0.1) is 17.9 Å². The number of hydroxylamine groups is 1. The van der Waals surface area contributed by atoms with Crippen molar-refractivity contribution in [3.05, 3.63) is 70.8 Å². The van der Waals surface area contributed by atoms with Crippen molar-refractivity contribution in [1.29, 1.82) is 0 Å². The summed E-state index contributed by atoms with van der Waals surface area (Å²) >= 11 is 0. The number of aromatic hydroxyl groups is 1. The Balaban J connectivity index is 2.00. The molecule has 0 unspecified atom stereocenters. The number of aryl methyl sites for hydroxylation is 1. The molecule has 6 heteroatoms. The fraction of sp³-hybridized carbons (Fsp3) is 0.263. The smallest absolute Gasteiger partial charge is 0.416 e. The second-order valence-corrected chi connectivity index (χ2v) is 5.61. The van der Waals surface area contributed by atoms with Gasteiger partial charge in [0.1, 0.15) is 5.75 Å². The van der Waals surface area contributed by atoms with Crippen LogP contribution in [0, 0.1) is 6.92 Å². The van der Waals surface area contributed by atoms with Gasteiger partial charge in [-0.05, 0) is 54.8 Å². The van der Waals surface area contributed by atoms with E-state index in [1.54, 1.807) is 19.1 Å². The summed E-state index contributed by atoms with van der Waals surface area (Å²) in [5.74, 6) is 0.213. The number of phenolic OH excluding ortho intramolecular Hbond substituents is 1. The fourth-order valence-electron chi connectivity index (χ4n) is 2.23. The minimum atomic E-state index is -4.34. The third-order valence-corrected chi connectivity index (χ3v) is 3.62. The number of nitrogens with one attached hydrogen (secondary N) is 1. The molecule has 0 aromatic heterocycles. The van der Waals surface area contributed by atoms with Crippen molar-refractivity contribution in [2.75, 3.05) is 0 Å². The molecule has 0 fully saturated rings. The number of benzene rings is 2. The predicted molar refractivity (Wildman–Crippen MR) is 90.5 cm³/mol. The van der Waals surface area contributed by atoms with Crippen LogP contribution in [0.5, 0.6) is 5.75 Å². The summed E-state index contributed by atoms with van der Waals surface area (Å²) in [7, 11) is 0. The van der Waals surface area contributed by atoms with Gasteiger partial charge in [0.2, 0.25) is 0 Å². The maximum Gasteiger partial charge on any atom is 0.416 e. The molecule has 3 nitrogen and oxygen atoms in total. The zero-order valence-electron chi connectivity index (χ0n) is 14.0. The molecule has 0 atom stereocenters. The van der Waals surface area contributed by atoms with E-state index in [0.29, 0.717) is 5.56 Å². The highest BCUT2D eigenvalue weighted by atomic mass is 19.4. The highest BCUT2D eigenvalue weighted by Gasteiger charge is 2.29. The summed E-state index contributed by atoms with van der Waals surface area (Å²) in [6.07, 6.45) is -1.64. The van der Waals surface area contributed by atoms with Gasteiger partial charge in [-0.1, -0.05) is 25.1 Å². The third kappa shape index (κ3) is 5.26. The van der Waals surface area contributed by atoms with E-state index >= 15 is 0 Å². The molecule has 0 heterocycles. The molecule has 0 aliphatic carbocycles. The number of alkyl halides is 3. The number of hydrogen-bond donors (Lipinski definition) is 2. The van der Waals surface area contributed by atoms with Gasteiger partial charge in [-0.15, -0.1) is 0 Å². The van der Waals surface area contributed by atoms with E-state index in [-0.39, 0.29) is 12.4 Å². The van der Waals surface area contributed by atoms with Crippen molar-refractivity contribution in [3.63, 3.8) is 0 Å². The summed E-state index contributed by atoms with van der Waals surface area (Å²) in [5.41, 5.74) is 5.10. The molecule has 2 rings (SSSR count). The van der Waals surface area contributed by atoms with Gasteiger partial charge < -0.3 is 5.11 Å². The molecule has 0 saturated carbocycles. The monoisotopic (exact) mass is 351 g/mol. The zero-order chi connectivity index (χ0) is 18.4. The zero-order valence-corrected chi connectivity index (χ0v) is 14.0. The van der Waals surface area contributed by atoms with E-state index in [1.165, 1.54) is 12.1 Å². The lowest BCUT2D eigenvalue weighted by molar-refractivity contribution is -0.137. The first kappa shape index (κ1) is 18.9. The highest BCUT2D eigenvalue weighted by Crippen LogP contribution is 2.29. The molecule has 0 aliphatic heterocycles. The van der Waals surface area contributed by atoms with Gasteiger partial charge in [-0.3, -0.25) is 10.3 Å². The van der Waals surface area contributed by atoms with Crippen LogP contribution < -0.4 is 5.48 Å². The maximum absolute atomic E-state index is 12.5. The van der Waals surface area contributed by atoms with Crippen LogP contribution >= 0.6 is 0 Å². The second-order valence-electron chi connectivity index (χ2n) is 5.61. The van der Waals surface area contributed by atoms with Crippen LogP contribution in [-0.4, -0.2) is 5.11 Å². The maximum atomic E-state index is 12.5. The van der Waals surface area contributed by atoms with E-state index in [9.17, 15) is 18.3 Å². The fourth-order valence-corrected chi connectivity index (χ4v) is 2.23. The van der Waals surface area contributed by atoms with Gasteiger partial charge >= 0.3 is 6.18 Å². The van der Waals surface area contributed by atoms with Crippen molar-refractivity contribution in [3.8, 4) is 5.75 Å². The molecular formula is C19H20F3NO2. The molecule has 0 amide bonds. The molecule has 0 aliphatic rings. The average Bonchev–Trinajstić information content (AvgIpc) is 2.56. The van der Waals surface area contributed by atoms with Gasteiger partial charge in [0.15, 0.2) is 0 Å². The van der Waals surface area contributed by atoms with E-state index in [2.05, 4.69) is 5.48 Å². The van der Waals surface area contributed by atoms with Crippen molar-refractivity contribution < 1.29 is 23.1 Å². The number of allylic oxidation sites excluding steroid dienone is 1. The molecule has 134 valence electrons. The number of hydrogen-bond acceptors (Lipinski definition) is 3. The summed E-state index contributed by atoms with van der Waals surface area (Å²) in [4.78, 5) is 5.42. The standard InChI is InChI=1S/C19H20F3NO2/c1-3-4-17(15-7-10-18(24)13(2)11-15)23-25-12-14-5-8-16(9-6-14)19(20,21)22/h4-11,23-24H,3,12H2,1-2H3. The number of halogens is 3. The SMILES string of the molecule is CCC=C(NOCc1ccc(C(F)(F)F)cc1)c1ccc(O)c(C)c1. The number of rotatable bonds is 6. The van der Waals surface area contributed by atoms with Crippen LogP contribution in [-0.2, 0) is 17.6 Å². The van der Waals surface area contributed by atoms with Crippen LogP contribution in [0.2, 0.25) is 0 Å². The van der Waals surface area contributed by atoms with Crippen LogP contribution in [0.3, 0.4) is 0 Å². The van der Waals surface area contributed by atoms with Gasteiger partial charge in [0, 0.05) is 5.56 Å². The van der Waals surface area contributed by atoms with Gasteiger partial charge in [-0.2, -0.15) is 13.2 Å². The summed E-state index contributed by atoms with van der Waals surface area (Å²) < 4.78 is 37.6. The summed E-state index contributed by atoms with van der Waals surface area (Å²) in [6.45, 7) is 3.90. The lowest BCUT2D eigenvalue weighted by Crippen LogP contribution is -2.13. The second kappa shape index (κ2) is 8.07. The molecule has 25 heavy (non-hydrogen) atoms. The molecule has 2 aromatic carbocycles. The quantitative estimate of drug-likeness (QED) is 0.704. The average molecular weight is 351 g/mol. The lowest BCUT2D eigenvalue weighted by atomic mass is 10.1. The van der Waals surface area contributed by atoms with Crippen LogP contribution in [0.1, 0.15) is 35.6 Å². The Morgan fingerprint density at radius 2 is 1.84 bits per heavy atom. The molecule has 0 spiro atoms. The molecule has 0 bridgehead atoms. The Morgan fingerprint density at radius 3 is 2.40 bits per heavy atom. The molecule has 0 saturated heterocycles. The predicted octanol–water partition coefficient (Wildman–Crippen LogP) is 5.19. The topological polar surface area (TPSA) is 41.5 Å². The normalized spacial score (nSPS) is 12.3. The Labute approximate surface area is 144 Å². The van der Waals surface area contributed by atoms with E-state index in [0.717, 1.165) is 35.4 Å². The first-order valence-corrected chi connectivity index (χ1v) is 7.85. The molecule has 2 N–H and O–H groups in total. The third-order valence-electron chi connectivity index (χ3n) is 3.62. The van der Waals surface area contributed by atoms with E-state index < -0.39 is 11.7 Å². The van der Waals surface area contributed by atoms with Crippen LogP contribution in [0.4, 0.5) is 13.2 Å². The molecule has 0 radical (unpaired) electrons. The largest absolute Gasteiger partial charge is 0.508 e. The van der Waals surface area contributed by atoms with Crippen molar-refractivity contribution in [2.24, 2.45) is 0 Å². The Hall–Kier alpha value is -2.47. The number of phenols is 1. The first-order chi connectivity index (χ1) is 11.8.